The van der Waals surface area contributed by atoms with Crippen LogP contribution in [0.2, 0.25) is 0 Å². The highest BCUT2D eigenvalue weighted by atomic mass is 19.2. The minimum absolute atomic E-state index is 0.0708. The maximum absolute atomic E-state index is 13.3. The molecule has 0 radical (unpaired) electrons. The minimum atomic E-state index is -1.99. The number of ketones is 2. The molecule has 0 unspecified atom stereocenters. The molecule has 0 saturated carbocycles. The summed E-state index contributed by atoms with van der Waals surface area (Å²) in [5, 5.41) is 0. The van der Waals surface area contributed by atoms with Crippen LogP contribution in [0.15, 0.2) is 35.8 Å². The average Bonchev–Trinajstić information content (AvgIpc) is 2.77. The first-order valence-corrected chi connectivity index (χ1v) is 4.22. The molecule has 1 aromatic heterocycles. The smallest absolute Gasteiger partial charge is 0.253 e. The van der Waals surface area contributed by atoms with Crippen molar-refractivity contribution in [2.24, 2.45) is 0 Å². The zero-order valence-corrected chi connectivity index (χ0v) is 7.68. The Hall–Kier alpha value is -2.11. The topological polar surface area (TPSA) is 49.9 Å². The number of allylic oxidation sites excluding steroid dienone is 4. The van der Waals surface area contributed by atoms with Crippen LogP contribution in [0.1, 0.15) is 5.69 Å². The highest BCUT2D eigenvalue weighted by Gasteiger charge is 2.37. The summed E-state index contributed by atoms with van der Waals surface area (Å²) < 4.78 is 39.0. The second kappa shape index (κ2) is 3.48. The molecule has 82 valence electrons. The van der Waals surface area contributed by atoms with Crippen molar-refractivity contribution in [3.05, 3.63) is 41.5 Å². The lowest BCUT2D eigenvalue weighted by atomic mass is 9.98. The Morgan fingerprint density at radius 1 is 0.938 bits per heavy atom. The van der Waals surface area contributed by atoms with Gasteiger partial charge in [0.15, 0.2) is 5.83 Å². The molecule has 1 aliphatic rings. The molecule has 1 heterocycles. The number of aromatic amines is 1. The zero-order valence-electron chi connectivity index (χ0n) is 7.68. The normalized spacial score (nSPS) is 17.4. The fourth-order valence-electron chi connectivity index (χ4n) is 1.35. The van der Waals surface area contributed by atoms with E-state index in [1.165, 1.54) is 18.3 Å². The summed E-state index contributed by atoms with van der Waals surface area (Å²) in [6.45, 7) is 0. The summed E-state index contributed by atoms with van der Waals surface area (Å²) in [5.41, 5.74) is -0.854. The van der Waals surface area contributed by atoms with Gasteiger partial charge in [-0.1, -0.05) is 0 Å². The summed E-state index contributed by atoms with van der Waals surface area (Å²) in [7, 11) is 0. The van der Waals surface area contributed by atoms with E-state index in [1.54, 1.807) is 0 Å². The SMILES string of the molecule is O=C1C(F)=C(F)C(=O)C(c2ccc[nH]2)=C1F. The molecular weight excluding hydrogens is 223 g/mol. The molecule has 0 amide bonds. The predicted octanol–water partition coefficient (Wildman–Crippen LogP) is 2.00. The van der Waals surface area contributed by atoms with Gasteiger partial charge in [0.2, 0.25) is 17.4 Å². The molecule has 0 spiro atoms. The third-order valence-electron chi connectivity index (χ3n) is 2.10. The van der Waals surface area contributed by atoms with Crippen LogP contribution in [0, 0.1) is 0 Å². The number of nitrogens with one attached hydrogen (secondary N) is 1. The Bertz CT molecular complexity index is 540. The Morgan fingerprint density at radius 2 is 1.56 bits per heavy atom. The zero-order chi connectivity index (χ0) is 11.9. The van der Waals surface area contributed by atoms with E-state index >= 15 is 0 Å². The number of hydrogen-bond donors (Lipinski definition) is 1. The van der Waals surface area contributed by atoms with E-state index in [2.05, 4.69) is 4.98 Å². The Balaban J connectivity index is 2.62. The van der Waals surface area contributed by atoms with E-state index in [0.717, 1.165) is 0 Å². The molecule has 16 heavy (non-hydrogen) atoms. The number of carbonyl (C=O) groups excluding carboxylic acids is 2. The van der Waals surface area contributed by atoms with Gasteiger partial charge in [-0.15, -0.1) is 0 Å². The molecule has 0 bridgehead atoms. The summed E-state index contributed by atoms with van der Waals surface area (Å²) in [6.07, 6.45) is 1.36. The highest BCUT2D eigenvalue weighted by Crippen LogP contribution is 2.32. The quantitative estimate of drug-likeness (QED) is 0.746. The van der Waals surface area contributed by atoms with Gasteiger partial charge in [-0.05, 0) is 12.1 Å². The van der Waals surface area contributed by atoms with Crippen molar-refractivity contribution in [1.82, 2.24) is 4.98 Å². The summed E-state index contributed by atoms with van der Waals surface area (Å²) in [4.78, 5) is 24.6. The number of carbonyl (C=O) groups is 2. The highest BCUT2D eigenvalue weighted by molar-refractivity contribution is 6.37. The number of halogens is 3. The summed E-state index contributed by atoms with van der Waals surface area (Å²) >= 11 is 0. The van der Waals surface area contributed by atoms with Gasteiger partial charge in [-0.3, -0.25) is 9.59 Å². The van der Waals surface area contributed by atoms with Gasteiger partial charge in [-0.25, -0.2) is 4.39 Å². The molecule has 1 aliphatic carbocycles. The van der Waals surface area contributed by atoms with E-state index in [1.807, 2.05) is 0 Å². The van der Waals surface area contributed by atoms with E-state index in [9.17, 15) is 22.8 Å². The second-order valence-electron chi connectivity index (χ2n) is 3.06. The maximum Gasteiger partial charge on any atom is 0.253 e. The molecule has 0 atom stereocenters. The van der Waals surface area contributed by atoms with Crippen molar-refractivity contribution in [2.45, 2.75) is 0 Å². The van der Waals surface area contributed by atoms with E-state index in [4.69, 9.17) is 0 Å². The first-order valence-electron chi connectivity index (χ1n) is 4.22. The number of aromatic nitrogens is 1. The molecule has 0 aromatic carbocycles. The number of Topliss-reactive ketones (excluding diaryl/α,β-unsaturated/α-hetero) is 2. The van der Waals surface area contributed by atoms with Gasteiger partial charge in [0.25, 0.3) is 5.78 Å². The van der Waals surface area contributed by atoms with Crippen molar-refractivity contribution in [3.63, 3.8) is 0 Å². The lowest BCUT2D eigenvalue weighted by molar-refractivity contribution is -0.118. The van der Waals surface area contributed by atoms with Gasteiger partial charge in [0, 0.05) is 6.20 Å². The molecule has 1 aromatic rings. The molecule has 1 N–H and O–H groups in total. The maximum atomic E-state index is 13.3. The standard InChI is InChI=1S/C10H4F3NO2/c11-6-5(4-2-1-3-14-4)9(15)7(12)8(13)10(6)16/h1-3,14H. The van der Waals surface area contributed by atoms with Crippen LogP contribution >= 0.6 is 0 Å². The fraction of sp³-hybridized carbons (Fsp3) is 0. The number of H-pyrrole nitrogens is 1. The Kier molecular flexibility index (Phi) is 2.26. The van der Waals surface area contributed by atoms with Crippen LogP contribution < -0.4 is 0 Å². The van der Waals surface area contributed by atoms with Crippen LogP contribution in [0.4, 0.5) is 13.2 Å². The lowest BCUT2D eigenvalue weighted by Crippen LogP contribution is -2.18. The van der Waals surface area contributed by atoms with Crippen molar-refractivity contribution in [2.75, 3.05) is 0 Å². The average molecular weight is 227 g/mol. The molecule has 0 aliphatic heterocycles. The largest absolute Gasteiger partial charge is 0.361 e. The van der Waals surface area contributed by atoms with Crippen LogP contribution in [-0.4, -0.2) is 16.6 Å². The van der Waals surface area contributed by atoms with Crippen LogP contribution in [0.3, 0.4) is 0 Å². The fourth-order valence-corrected chi connectivity index (χ4v) is 1.35. The third-order valence-corrected chi connectivity index (χ3v) is 2.10. The van der Waals surface area contributed by atoms with Crippen molar-refractivity contribution in [1.29, 1.82) is 0 Å². The van der Waals surface area contributed by atoms with E-state index in [0.29, 0.717) is 0 Å². The molecule has 3 nitrogen and oxygen atoms in total. The van der Waals surface area contributed by atoms with E-state index in [-0.39, 0.29) is 5.69 Å². The van der Waals surface area contributed by atoms with Crippen LogP contribution in [0.25, 0.3) is 5.57 Å². The molecule has 0 fully saturated rings. The molecule has 0 saturated heterocycles. The molecule has 2 rings (SSSR count). The second-order valence-corrected chi connectivity index (χ2v) is 3.06. The monoisotopic (exact) mass is 227 g/mol. The first-order chi connectivity index (χ1) is 7.54. The number of rotatable bonds is 1. The van der Waals surface area contributed by atoms with Gasteiger partial charge < -0.3 is 4.98 Å². The van der Waals surface area contributed by atoms with Crippen molar-refractivity contribution < 1.29 is 22.8 Å². The van der Waals surface area contributed by atoms with Gasteiger partial charge in [-0.2, -0.15) is 8.78 Å². The summed E-state index contributed by atoms with van der Waals surface area (Å²) in [5.74, 6) is -8.67. The first kappa shape index (κ1) is 10.4. The number of hydrogen-bond acceptors (Lipinski definition) is 2. The van der Waals surface area contributed by atoms with Gasteiger partial charge >= 0.3 is 0 Å². The van der Waals surface area contributed by atoms with Crippen molar-refractivity contribution >= 4 is 17.1 Å². The Morgan fingerprint density at radius 3 is 2.12 bits per heavy atom. The molecular formula is C10H4F3NO2. The van der Waals surface area contributed by atoms with Gasteiger partial charge in [0.1, 0.15) is 0 Å². The predicted molar refractivity (Wildman–Crippen MR) is 48.1 cm³/mol. The molecule has 6 heteroatoms. The van der Waals surface area contributed by atoms with Crippen LogP contribution in [0.5, 0.6) is 0 Å². The van der Waals surface area contributed by atoms with Crippen molar-refractivity contribution in [3.8, 4) is 0 Å². The third kappa shape index (κ3) is 1.30. The summed E-state index contributed by atoms with van der Waals surface area (Å²) in [6, 6.07) is 2.70. The van der Waals surface area contributed by atoms with E-state index < -0.39 is 34.6 Å². The lowest BCUT2D eigenvalue weighted by Gasteiger charge is -2.10. The van der Waals surface area contributed by atoms with Gasteiger partial charge in [0.05, 0.1) is 11.3 Å². The minimum Gasteiger partial charge on any atom is -0.361 e. The van der Waals surface area contributed by atoms with Crippen LogP contribution in [-0.2, 0) is 9.59 Å². The Labute approximate surface area is 87.3 Å².